The van der Waals surface area contributed by atoms with Gasteiger partial charge in [-0.3, -0.25) is 4.57 Å². The van der Waals surface area contributed by atoms with Gasteiger partial charge in [0.2, 0.25) is 0 Å². The molecule has 1 saturated heterocycles. The normalized spacial score (nSPS) is 26.5. The first-order valence-electron chi connectivity index (χ1n) is 4.82. The fourth-order valence-corrected chi connectivity index (χ4v) is 2.24. The molecule has 0 radical (unpaired) electrons. The molecule has 0 saturated carbocycles. The van der Waals surface area contributed by atoms with Crippen molar-refractivity contribution in [2.24, 2.45) is 0 Å². The zero-order chi connectivity index (χ0) is 9.68. The van der Waals surface area contributed by atoms with Gasteiger partial charge in [-0.15, -0.1) is 0 Å². The maximum Gasteiger partial charge on any atom is 0.319 e. The van der Waals surface area contributed by atoms with E-state index in [1.165, 1.54) is 0 Å². The summed E-state index contributed by atoms with van der Waals surface area (Å²) in [4.78, 5) is 2.28. The first-order chi connectivity index (χ1) is 6.26. The van der Waals surface area contributed by atoms with Gasteiger partial charge in [-0.2, -0.15) is 0 Å². The van der Waals surface area contributed by atoms with Crippen LogP contribution in [0.3, 0.4) is 0 Å². The summed E-state index contributed by atoms with van der Waals surface area (Å²) >= 11 is 0. The van der Waals surface area contributed by atoms with Crippen LogP contribution in [0.2, 0.25) is 0 Å². The van der Waals surface area contributed by atoms with Gasteiger partial charge in [0.15, 0.2) is 0 Å². The number of rotatable bonds is 5. The summed E-state index contributed by atoms with van der Waals surface area (Å²) in [6, 6.07) is 0. The third-order valence-electron chi connectivity index (χ3n) is 2.20. The Morgan fingerprint density at radius 1 is 1.54 bits per heavy atom. The van der Waals surface area contributed by atoms with Crippen LogP contribution in [0.15, 0.2) is 0 Å². The van der Waals surface area contributed by atoms with Gasteiger partial charge in [-0.25, -0.2) is 0 Å². The van der Waals surface area contributed by atoms with Gasteiger partial charge >= 0.3 is 8.25 Å². The van der Waals surface area contributed by atoms with Crippen LogP contribution >= 0.6 is 8.25 Å². The third-order valence-corrected chi connectivity index (χ3v) is 3.25. The molecule has 1 heterocycles. The third kappa shape index (κ3) is 3.77. The molecule has 0 spiro atoms. The highest BCUT2D eigenvalue weighted by Crippen LogP contribution is 2.29. The monoisotopic (exact) mass is 207 g/mol. The van der Waals surface area contributed by atoms with Crippen LogP contribution in [0.5, 0.6) is 0 Å². The highest BCUT2D eigenvalue weighted by atomic mass is 31.1. The molecule has 0 N–H and O–H groups in total. The Bertz CT molecular complexity index is 177. The summed E-state index contributed by atoms with van der Waals surface area (Å²) in [6.07, 6.45) is 1.08. The fourth-order valence-electron chi connectivity index (χ4n) is 1.47. The van der Waals surface area contributed by atoms with Crippen LogP contribution in [-0.4, -0.2) is 37.2 Å². The predicted octanol–water partition coefficient (Wildman–Crippen LogP) is 1.52. The topological polar surface area (TPSA) is 38.8 Å². The molecule has 2 unspecified atom stereocenters. The molecule has 0 bridgehead atoms. The van der Waals surface area contributed by atoms with Crippen LogP contribution < -0.4 is 0 Å². The molecule has 0 aromatic heterocycles. The minimum Gasteiger partial charge on any atom is -0.311 e. The number of nitrogens with zero attached hydrogens (tertiary/aromatic N) is 1. The van der Waals surface area contributed by atoms with E-state index in [-0.39, 0.29) is 6.10 Å². The van der Waals surface area contributed by atoms with Gasteiger partial charge in [-0.1, -0.05) is 6.92 Å². The van der Waals surface area contributed by atoms with E-state index in [4.69, 9.17) is 9.05 Å². The second-order valence-corrected chi connectivity index (χ2v) is 4.13. The van der Waals surface area contributed by atoms with Crippen molar-refractivity contribution in [1.29, 1.82) is 0 Å². The molecule has 1 fully saturated rings. The lowest BCUT2D eigenvalue weighted by atomic mass is 10.3. The largest absolute Gasteiger partial charge is 0.319 e. The Morgan fingerprint density at radius 3 is 2.85 bits per heavy atom. The molecule has 2 atom stereocenters. The van der Waals surface area contributed by atoms with Crippen molar-refractivity contribution >= 4 is 8.25 Å². The minimum absolute atomic E-state index is 0.109. The highest BCUT2D eigenvalue weighted by molar-refractivity contribution is 7.33. The standard InChI is InChI=1S/C8H18NO3P/c1-3-9-6-5-8(7-9)12-13(10)11-4-2/h8,13H,3-7H2,1-2H3. The SMILES string of the molecule is CCO[PH](=O)OC1CCN(CC)C1. The molecule has 1 aliphatic rings. The van der Waals surface area contributed by atoms with Crippen LogP contribution in [0, 0.1) is 0 Å². The van der Waals surface area contributed by atoms with Crippen LogP contribution in [0.25, 0.3) is 0 Å². The number of likely N-dealkylation sites (tertiary alicyclic amines) is 1. The van der Waals surface area contributed by atoms with E-state index in [1.54, 1.807) is 0 Å². The molecular weight excluding hydrogens is 189 g/mol. The smallest absolute Gasteiger partial charge is 0.311 e. The van der Waals surface area contributed by atoms with Gasteiger partial charge in [0.1, 0.15) is 0 Å². The van der Waals surface area contributed by atoms with E-state index < -0.39 is 8.25 Å². The second kappa shape index (κ2) is 5.76. The molecule has 1 rings (SSSR count). The quantitative estimate of drug-likeness (QED) is 0.641. The number of hydrogen-bond acceptors (Lipinski definition) is 4. The lowest BCUT2D eigenvalue weighted by Gasteiger charge is -2.13. The van der Waals surface area contributed by atoms with Crippen molar-refractivity contribution in [2.45, 2.75) is 26.4 Å². The predicted molar refractivity (Wildman–Crippen MR) is 52.2 cm³/mol. The van der Waals surface area contributed by atoms with E-state index in [2.05, 4.69) is 11.8 Å². The summed E-state index contributed by atoms with van der Waals surface area (Å²) < 4.78 is 21.3. The summed E-state index contributed by atoms with van der Waals surface area (Å²) in [5.41, 5.74) is 0. The Morgan fingerprint density at radius 2 is 2.31 bits per heavy atom. The lowest BCUT2D eigenvalue weighted by Crippen LogP contribution is -2.21. The molecule has 4 nitrogen and oxygen atoms in total. The summed E-state index contributed by atoms with van der Waals surface area (Å²) in [7, 11) is -2.23. The van der Waals surface area contributed by atoms with Crippen molar-refractivity contribution in [1.82, 2.24) is 4.90 Å². The van der Waals surface area contributed by atoms with Crippen molar-refractivity contribution in [2.75, 3.05) is 26.2 Å². The average Bonchev–Trinajstić information content (AvgIpc) is 2.52. The van der Waals surface area contributed by atoms with Gasteiger partial charge in [0.05, 0.1) is 12.7 Å². The number of hydrogen-bond donors (Lipinski definition) is 0. The van der Waals surface area contributed by atoms with Crippen molar-refractivity contribution in [3.8, 4) is 0 Å². The van der Waals surface area contributed by atoms with Gasteiger partial charge in [0.25, 0.3) is 0 Å². The van der Waals surface area contributed by atoms with Crippen LogP contribution in [0.1, 0.15) is 20.3 Å². The molecule has 0 aromatic carbocycles. The fraction of sp³-hybridized carbons (Fsp3) is 1.00. The van der Waals surface area contributed by atoms with Crippen LogP contribution in [-0.2, 0) is 13.6 Å². The van der Waals surface area contributed by atoms with E-state index in [0.29, 0.717) is 6.61 Å². The van der Waals surface area contributed by atoms with Gasteiger partial charge in [-0.05, 0) is 19.9 Å². The second-order valence-electron chi connectivity index (χ2n) is 3.10. The molecule has 0 aliphatic carbocycles. The van der Waals surface area contributed by atoms with Crippen molar-refractivity contribution in [3.63, 3.8) is 0 Å². The van der Waals surface area contributed by atoms with E-state index in [9.17, 15) is 4.57 Å². The van der Waals surface area contributed by atoms with Gasteiger partial charge < -0.3 is 13.9 Å². The molecule has 5 heteroatoms. The Labute approximate surface area is 80.2 Å². The van der Waals surface area contributed by atoms with Crippen molar-refractivity contribution < 1.29 is 13.6 Å². The molecule has 1 aliphatic heterocycles. The first kappa shape index (κ1) is 11.2. The molecule has 0 amide bonds. The van der Waals surface area contributed by atoms with E-state index in [1.807, 2.05) is 6.92 Å². The summed E-state index contributed by atoms with van der Waals surface area (Å²) in [5, 5.41) is 0. The first-order valence-corrected chi connectivity index (χ1v) is 6.04. The van der Waals surface area contributed by atoms with Crippen molar-refractivity contribution in [3.05, 3.63) is 0 Å². The van der Waals surface area contributed by atoms with E-state index in [0.717, 1.165) is 26.1 Å². The number of likely N-dealkylation sites (N-methyl/N-ethyl adjacent to an activating group) is 1. The van der Waals surface area contributed by atoms with Gasteiger partial charge in [0, 0.05) is 13.1 Å². The molecule has 13 heavy (non-hydrogen) atoms. The maximum absolute atomic E-state index is 11.1. The highest BCUT2D eigenvalue weighted by Gasteiger charge is 2.23. The molecule has 0 aromatic rings. The summed E-state index contributed by atoms with van der Waals surface area (Å²) in [6.45, 7) is 7.37. The lowest BCUT2D eigenvalue weighted by molar-refractivity contribution is 0.169. The van der Waals surface area contributed by atoms with E-state index >= 15 is 0 Å². The van der Waals surface area contributed by atoms with Crippen LogP contribution in [0.4, 0.5) is 0 Å². The molecule has 78 valence electrons. The molecular formula is C8H18NO3P. The Kier molecular flexibility index (Phi) is 4.96. The Hall–Kier alpha value is 0.110. The Balaban J connectivity index is 2.19. The zero-order valence-electron chi connectivity index (χ0n) is 8.28. The zero-order valence-corrected chi connectivity index (χ0v) is 9.28. The summed E-state index contributed by atoms with van der Waals surface area (Å²) in [5.74, 6) is 0. The maximum atomic E-state index is 11.1. The minimum atomic E-state index is -2.23. The average molecular weight is 207 g/mol.